The Bertz CT molecular complexity index is 767. The SMILES string of the molecule is CC(C)(C)C(O)c1cccc2[nH]c(CN3C=CC=C(N)C3)nc12. The number of hydrogen-bond donors (Lipinski definition) is 3. The van der Waals surface area contributed by atoms with E-state index < -0.39 is 6.10 Å². The highest BCUT2D eigenvalue weighted by Gasteiger charge is 2.26. The minimum absolute atomic E-state index is 0.234. The molecule has 0 aliphatic carbocycles. The second-order valence-electron chi connectivity index (χ2n) is 7.18. The number of nitrogens with zero attached hydrogens (tertiary/aromatic N) is 2. The van der Waals surface area contributed by atoms with Crippen LogP contribution in [0.2, 0.25) is 0 Å². The molecule has 23 heavy (non-hydrogen) atoms. The summed E-state index contributed by atoms with van der Waals surface area (Å²) in [7, 11) is 0. The number of para-hydroxylation sites is 1. The summed E-state index contributed by atoms with van der Waals surface area (Å²) >= 11 is 0. The van der Waals surface area contributed by atoms with E-state index in [2.05, 4.69) is 9.88 Å². The smallest absolute Gasteiger partial charge is 0.126 e. The molecule has 1 aromatic heterocycles. The molecule has 5 heteroatoms. The Balaban J connectivity index is 1.90. The number of imidazole rings is 1. The summed E-state index contributed by atoms with van der Waals surface area (Å²) in [5.41, 5.74) is 9.13. The van der Waals surface area contributed by atoms with Crippen molar-refractivity contribution in [3.05, 3.63) is 53.6 Å². The van der Waals surface area contributed by atoms with Crippen LogP contribution in [-0.2, 0) is 6.54 Å². The van der Waals surface area contributed by atoms with Gasteiger partial charge < -0.3 is 20.7 Å². The van der Waals surface area contributed by atoms with Crippen molar-refractivity contribution >= 4 is 11.0 Å². The maximum atomic E-state index is 10.6. The fourth-order valence-electron chi connectivity index (χ4n) is 2.80. The number of aliphatic hydroxyl groups is 1. The lowest BCUT2D eigenvalue weighted by Gasteiger charge is -2.26. The molecule has 0 amide bonds. The fraction of sp³-hybridized carbons (Fsp3) is 0.389. The first-order chi connectivity index (χ1) is 10.8. The molecular formula is C18H24N4O. The molecule has 0 spiro atoms. The van der Waals surface area contributed by atoms with Gasteiger partial charge in [0, 0.05) is 11.3 Å². The lowest BCUT2D eigenvalue weighted by Crippen LogP contribution is -2.25. The largest absolute Gasteiger partial charge is 0.401 e. The van der Waals surface area contributed by atoms with Crippen molar-refractivity contribution in [2.24, 2.45) is 11.1 Å². The van der Waals surface area contributed by atoms with Crippen molar-refractivity contribution in [1.29, 1.82) is 0 Å². The molecule has 0 saturated carbocycles. The van der Waals surface area contributed by atoms with Crippen molar-refractivity contribution in [2.75, 3.05) is 6.54 Å². The predicted molar refractivity (Wildman–Crippen MR) is 92.3 cm³/mol. The Hall–Kier alpha value is -2.27. The standard InChI is InChI=1S/C18H24N4O/c1-18(2,3)17(23)13-7-4-8-14-16(13)21-15(20-14)11-22-9-5-6-12(19)10-22/h4-9,17,23H,10-11,19H2,1-3H3,(H,20,21). The molecule has 0 fully saturated rings. The number of hydrogen-bond acceptors (Lipinski definition) is 4. The topological polar surface area (TPSA) is 78.2 Å². The number of nitrogens with two attached hydrogens (primary N) is 1. The average Bonchev–Trinajstić information content (AvgIpc) is 2.87. The molecule has 1 aliphatic rings. The molecule has 1 aromatic carbocycles. The number of rotatable bonds is 3. The van der Waals surface area contributed by atoms with Crippen LogP contribution >= 0.6 is 0 Å². The molecule has 0 saturated heterocycles. The number of aromatic amines is 1. The third-order valence-corrected chi connectivity index (χ3v) is 4.05. The van der Waals surface area contributed by atoms with Gasteiger partial charge in [-0.2, -0.15) is 0 Å². The molecule has 2 aromatic rings. The number of H-pyrrole nitrogens is 1. The van der Waals surface area contributed by atoms with Gasteiger partial charge in [0.15, 0.2) is 0 Å². The molecule has 4 N–H and O–H groups in total. The zero-order valence-electron chi connectivity index (χ0n) is 13.9. The van der Waals surface area contributed by atoms with E-state index in [0.717, 1.165) is 28.1 Å². The van der Waals surface area contributed by atoms with Crippen molar-refractivity contribution in [3.8, 4) is 0 Å². The Morgan fingerprint density at radius 1 is 1.39 bits per heavy atom. The highest BCUT2D eigenvalue weighted by Crippen LogP contribution is 2.35. The first-order valence-electron chi connectivity index (χ1n) is 7.87. The van der Waals surface area contributed by atoms with Gasteiger partial charge in [0.05, 0.1) is 30.2 Å². The van der Waals surface area contributed by atoms with E-state index in [1.54, 1.807) is 0 Å². The Morgan fingerprint density at radius 3 is 2.87 bits per heavy atom. The van der Waals surface area contributed by atoms with Crippen LogP contribution in [-0.4, -0.2) is 26.5 Å². The molecule has 1 unspecified atom stereocenters. The third kappa shape index (κ3) is 3.24. The summed E-state index contributed by atoms with van der Waals surface area (Å²) in [5.74, 6) is 0.868. The first kappa shape index (κ1) is 15.6. The summed E-state index contributed by atoms with van der Waals surface area (Å²) < 4.78 is 0. The van der Waals surface area contributed by atoms with Gasteiger partial charge in [0.25, 0.3) is 0 Å². The Morgan fingerprint density at radius 2 is 2.17 bits per heavy atom. The van der Waals surface area contributed by atoms with E-state index >= 15 is 0 Å². The van der Waals surface area contributed by atoms with E-state index in [9.17, 15) is 5.11 Å². The minimum atomic E-state index is -0.559. The minimum Gasteiger partial charge on any atom is -0.401 e. The molecular weight excluding hydrogens is 288 g/mol. The quantitative estimate of drug-likeness (QED) is 0.814. The summed E-state index contributed by atoms with van der Waals surface area (Å²) in [6.07, 6.45) is 5.30. The second kappa shape index (κ2) is 5.74. The average molecular weight is 312 g/mol. The van der Waals surface area contributed by atoms with Crippen LogP contribution in [0, 0.1) is 5.41 Å². The number of nitrogens with one attached hydrogen (secondary N) is 1. The van der Waals surface area contributed by atoms with Gasteiger partial charge in [0.1, 0.15) is 5.82 Å². The zero-order valence-corrected chi connectivity index (χ0v) is 13.9. The molecule has 0 bridgehead atoms. The monoisotopic (exact) mass is 312 g/mol. The van der Waals surface area contributed by atoms with Crippen molar-refractivity contribution < 1.29 is 5.11 Å². The predicted octanol–water partition coefficient (Wildman–Crippen LogP) is 2.81. The van der Waals surface area contributed by atoms with Gasteiger partial charge >= 0.3 is 0 Å². The molecule has 1 aliphatic heterocycles. The van der Waals surface area contributed by atoms with Crippen LogP contribution in [0.3, 0.4) is 0 Å². The summed E-state index contributed by atoms with van der Waals surface area (Å²) in [5, 5.41) is 10.6. The van der Waals surface area contributed by atoms with E-state index in [0.29, 0.717) is 13.1 Å². The van der Waals surface area contributed by atoms with Gasteiger partial charge in [-0.3, -0.25) is 0 Å². The van der Waals surface area contributed by atoms with E-state index in [4.69, 9.17) is 10.7 Å². The molecule has 3 rings (SSSR count). The highest BCUT2D eigenvalue weighted by molar-refractivity contribution is 5.79. The van der Waals surface area contributed by atoms with Gasteiger partial charge in [-0.05, 0) is 29.8 Å². The summed E-state index contributed by atoms with van der Waals surface area (Å²) in [6, 6.07) is 5.89. The molecule has 1 atom stereocenters. The van der Waals surface area contributed by atoms with E-state index in [-0.39, 0.29) is 5.41 Å². The first-order valence-corrected chi connectivity index (χ1v) is 7.87. The van der Waals surface area contributed by atoms with E-state index in [1.807, 2.05) is 57.3 Å². The molecule has 2 heterocycles. The fourth-order valence-corrected chi connectivity index (χ4v) is 2.80. The van der Waals surface area contributed by atoms with Crippen LogP contribution in [0.25, 0.3) is 11.0 Å². The number of benzene rings is 1. The van der Waals surface area contributed by atoms with Crippen LogP contribution in [0.1, 0.15) is 38.3 Å². The Kier molecular flexibility index (Phi) is 3.90. The highest BCUT2D eigenvalue weighted by atomic mass is 16.3. The number of allylic oxidation sites excluding steroid dienone is 2. The van der Waals surface area contributed by atoms with Crippen LogP contribution in [0.4, 0.5) is 0 Å². The van der Waals surface area contributed by atoms with Crippen molar-refractivity contribution in [1.82, 2.24) is 14.9 Å². The molecule has 0 radical (unpaired) electrons. The maximum absolute atomic E-state index is 10.6. The second-order valence-corrected chi connectivity index (χ2v) is 7.18. The Labute approximate surface area is 136 Å². The van der Waals surface area contributed by atoms with Crippen molar-refractivity contribution in [2.45, 2.75) is 33.4 Å². The number of aromatic nitrogens is 2. The number of fused-ring (bicyclic) bond motifs is 1. The zero-order chi connectivity index (χ0) is 16.6. The third-order valence-electron chi connectivity index (χ3n) is 4.05. The summed E-state index contributed by atoms with van der Waals surface area (Å²) in [4.78, 5) is 10.2. The normalized spacial score (nSPS) is 16.7. The molecule has 122 valence electrons. The van der Waals surface area contributed by atoms with Crippen LogP contribution in [0.5, 0.6) is 0 Å². The lowest BCUT2D eigenvalue weighted by molar-refractivity contribution is 0.0638. The number of aliphatic hydroxyl groups excluding tert-OH is 1. The van der Waals surface area contributed by atoms with Crippen LogP contribution < -0.4 is 5.73 Å². The lowest BCUT2D eigenvalue weighted by atomic mass is 9.84. The molecule has 5 nitrogen and oxygen atoms in total. The van der Waals surface area contributed by atoms with Crippen LogP contribution in [0.15, 0.2) is 42.2 Å². The van der Waals surface area contributed by atoms with E-state index in [1.165, 1.54) is 0 Å². The van der Waals surface area contributed by atoms with Gasteiger partial charge in [-0.1, -0.05) is 32.9 Å². The van der Waals surface area contributed by atoms with Crippen molar-refractivity contribution in [3.63, 3.8) is 0 Å². The van der Waals surface area contributed by atoms with Gasteiger partial charge in [0.2, 0.25) is 0 Å². The summed E-state index contributed by atoms with van der Waals surface area (Å²) in [6.45, 7) is 7.43. The maximum Gasteiger partial charge on any atom is 0.126 e. The van der Waals surface area contributed by atoms with Gasteiger partial charge in [-0.25, -0.2) is 4.98 Å². The van der Waals surface area contributed by atoms with Gasteiger partial charge in [-0.15, -0.1) is 0 Å².